The van der Waals surface area contributed by atoms with Crippen molar-refractivity contribution in [2.75, 3.05) is 11.9 Å². The maximum atomic E-state index is 12.7. The van der Waals surface area contributed by atoms with Gasteiger partial charge in [-0.2, -0.15) is 18.4 Å². The van der Waals surface area contributed by atoms with Crippen molar-refractivity contribution in [1.82, 2.24) is 0 Å². The molecule has 17 heavy (non-hydrogen) atoms. The molecule has 1 aromatic rings. The molecule has 0 heterocycles. The number of nitrogens with zero attached hydrogens (tertiary/aromatic N) is 1. The molecule has 0 unspecified atom stereocenters. The summed E-state index contributed by atoms with van der Waals surface area (Å²) < 4.78 is 38.0. The van der Waals surface area contributed by atoms with Crippen LogP contribution in [-0.4, -0.2) is 17.8 Å². The third kappa shape index (κ3) is 3.36. The molecule has 3 nitrogen and oxygen atoms in total. The zero-order valence-electron chi connectivity index (χ0n) is 9.04. The standard InChI is InChI=1S/C11H11F3N2O/c1-7(6-17)16-10-4-8(5-15)2-3-9(10)11(12,13)14/h2-4,7,16-17H,6H2,1H3/t7-/m0/s1. The summed E-state index contributed by atoms with van der Waals surface area (Å²) in [5.74, 6) is 0. The zero-order valence-corrected chi connectivity index (χ0v) is 9.04. The van der Waals surface area contributed by atoms with Gasteiger partial charge in [0.1, 0.15) is 0 Å². The van der Waals surface area contributed by atoms with Crippen molar-refractivity contribution in [3.63, 3.8) is 0 Å². The smallest absolute Gasteiger partial charge is 0.394 e. The van der Waals surface area contributed by atoms with Gasteiger partial charge >= 0.3 is 6.18 Å². The Labute approximate surface area is 96.5 Å². The van der Waals surface area contributed by atoms with Gasteiger partial charge in [0.2, 0.25) is 0 Å². The Kier molecular flexibility index (Phi) is 3.97. The van der Waals surface area contributed by atoms with E-state index in [0.29, 0.717) is 0 Å². The van der Waals surface area contributed by atoms with E-state index in [1.54, 1.807) is 13.0 Å². The summed E-state index contributed by atoms with van der Waals surface area (Å²) in [5, 5.41) is 20.0. The molecule has 0 amide bonds. The van der Waals surface area contributed by atoms with Crippen molar-refractivity contribution in [1.29, 1.82) is 5.26 Å². The van der Waals surface area contributed by atoms with Crippen LogP contribution in [0.4, 0.5) is 18.9 Å². The van der Waals surface area contributed by atoms with Gasteiger partial charge in [-0.1, -0.05) is 0 Å². The molecule has 0 aromatic heterocycles. The Bertz CT molecular complexity index is 437. The first-order chi connectivity index (χ1) is 7.88. The number of hydrogen-bond donors (Lipinski definition) is 2. The lowest BCUT2D eigenvalue weighted by atomic mass is 10.1. The zero-order chi connectivity index (χ0) is 13.1. The van der Waals surface area contributed by atoms with Crippen molar-refractivity contribution in [2.24, 2.45) is 0 Å². The third-order valence-corrected chi connectivity index (χ3v) is 2.13. The molecule has 1 rings (SSSR count). The Hall–Kier alpha value is -1.74. The summed E-state index contributed by atoms with van der Waals surface area (Å²) in [4.78, 5) is 0. The molecule has 0 saturated heterocycles. The molecule has 1 aromatic carbocycles. The third-order valence-electron chi connectivity index (χ3n) is 2.13. The molecule has 0 saturated carbocycles. The maximum Gasteiger partial charge on any atom is 0.418 e. The first kappa shape index (κ1) is 13.3. The highest BCUT2D eigenvalue weighted by atomic mass is 19.4. The van der Waals surface area contributed by atoms with E-state index in [1.807, 2.05) is 0 Å². The highest BCUT2D eigenvalue weighted by molar-refractivity contribution is 5.57. The van der Waals surface area contributed by atoms with Crippen molar-refractivity contribution in [3.8, 4) is 6.07 Å². The summed E-state index contributed by atoms with van der Waals surface area (Å²) in [5.41, 5.74) is -0.916. The average Bonchev–Trinajstić information content (AvgIpc) is 2.27. The van der Waals surface area contributed by atoms with Gasteiger partial charge in [0.25, 0.3) is 0 Å². The van der Waals surface area contributed by atoms with Crippen molar-refractivity contribution in [3.05, 3.63) is 29.3 Å². The fourth-order valence-electron chi connectivity index (χ4n) is 1.29. The predicted molar refractivity (Wildman–Crippen MR) is 56.3 cm³/mol. The second-order valence-electron chi connectivity index (χ2n) is 3.60. The number of rotatable bonds is 3. The Morgan fingerprint density at radius 2 is 2.12 bits per heavy atom. The summed E-state index contributed by atoms with van der Waals surface area (Å²) >= 11 is 0. The summed E-state index contributed by atoms with van der Waals surface area (Å²) in [6.07, 6.45) is -4.49. The van der Waals surface area contributed by atoms with Crippen LogP contribution in [0.25, 0.3) is 0 Å². The first-order valence-electron chi connectivity index (χ1n) is 4.87. The average molecular weight is 244 g/mol. The maximum absolute atomic E-state index is 12.7. The number of nitrogens with one attached hydrogen (secondary N) is 1. The molecule has 0 spiro atoms. The van der Waals surface area contributed by atoms with Gasteiger partial charge in [-0.15, -0.1) is 0 Å². The SMILES string of the molecule is C[C@@H](CO)Nc1cc(C#N)ccc1C(F)(F)F. The van der Waals surface area contributed by atoms with Gasteiger partial charge in [-0.3, -0.25) is 0 Å². The van der Waals surface area contributed by atoms with E-state index in [1.165, 1.54) is 0 Å². The molecule has 92 valence electrons. The number of hydrogen-bond acceptors (Lipinski definition) is 3. The topological polar surface area (TPSA) is 56.0 Å². The van der Waals surface area contributed by atoms with Crippen molar-refractivity contribution >= 4 is 5.69 Å². The van der Waals surface area contributed by atoms with Crippen LogP contribution in [0, 0.1) is 11.3 Å². The normalized spacial score (nSPS) is 12.9. The van der Waals surface area contributed by atoms with Crippen LogP contribution in [0.5, 0.6) is 0 Å². The molecular formula is C11H11F3N2O. The quantitative estimate of drug-likeness (QED) is 0.858. The number of alkyl halides is 3. The van der Waals surface area contributed by atoms with E-state index in [-0.39, 0.29) is 17.9 Å². The van der Waals surface area contributed by atoms with Crippen LogP contribution in [-0.2, 0) is 6.18 Å². The number of nitriles is 1. The largest absolute Gasteiger partial charge is 0.418 e. The fraction of sp³-hybridized carbons (Fsp3) is 0.364. The molecular weight excluding hydrogens is 233 g/mol. The molecule has 0 bridgehead atoms. The van der Waals surface area contributed by atoms with Crippen LogP contribution in [0.15, 0.2) is 18.2 Å². The highest BCUT2D eigenvalue weighted by Gasteiger charge is 2.33. The molecule has 6 heteroatoms. The summed E-state index contributed by atoms with van der Waals surface area (Å²) in [7, 11) is 0. The van der Waals surface area contributed by atoms with E-state index in [0.717, 1.165) is 18.2 Å². The van der Waals surface area contributed by atoms with Crippen molar-refractivity contribution < 1.29 is 18.3 Å². The molecule has 0 fully saturated rings. The molecule has 0 radical (unpaired) electrons. The van der Waals surface area contributed by atoms with Crippen LogP contribution in [0.3, 0.4) is 0 Å². The van der Waals surface area contributed by atoms with Crippen LogP contribution in [0.2, 0.25) is 0 Å². The Morgan fingerprint density at radius 3 is 2.59 bits per heavy atom. The number of anilines is 1. The minimum absolute atomic E-state index is 0.130. The van der Waals surface area contributed by atoms with E-state index in [4.69, 9.17) is 10.4 Å². The second kappa shape index (κ2) is 5.06. The minimum Gasteiger partial charge on any atom is -0.394 e. The lowest BCUT2D eigenvalue weighted by molar-refractivity contribution is -0.137. The number of halogens is 3. The monoisotopic (exact) mass is 244 g/mol. The molecule has 0 aliphatic carbocycles. The molecule has 1 atom stereocenters. The molecule has 2 N–H and O–H groups in total. The van der Waals surface area contributed by atoms with E-state index >= 15 is 0 Å². The van der Waals surface area contributed by atoms with Crippen LogP contribution in [0.1, 0.15) is 18.1 Å². The number of aliphatic hydroxyl groups excluding tert-OH is 1. The fourth-order valence-corrected chi connectivity index (χ4v) is 1.29. The van der Waals surface area contributed by atoms with Gasteiger partial charge in [0, 0.05) is 11.7 Å². The van der Waals surface area contributed by atoms with Gasteiger partial charge in [-0.25, -0.2) is 0 Å². The van der Waals surface area contributed by atoms with Gasteiger partial charge in [0.05, 0.1) is 23.8 Å². The van der Waals surface area contributed by atoms with E-state index in [9.17, 15) is 13.2 Å². The van der Waals surface area contributed by atoms with Gasteiger partial charge in [-0.05, 0) is 25.1 Å². The van der Waals surface area contributed by atoms with E-state index < -0.39 is 17.8 Å². The van der Waals surface area contributed by atoms with Gasteiger partial charge in [0.15, 0.2) is 0 Å². The predicted octanol–water partition coefficient (Wildman–Crippen LogP) is 2.37. The minimum atomic E-state index is -4.49. The van der Waals surface area contributed by atoms with Gasteiger partial charge < -0.3 is 10.4 Å². The lowest BCUT2D eigenvalue weighted by Crippen LogP contribution is -2.22. The van der Waals surface area contributed by atoms with Crippen molar-refractivity contribution in [2.45, 2.75) is 19.1 Å². The van der Waals surface area contributed by atoms with E-state index in [2.05, 4.69) is 5.32 Å². The molecule has 0 aliphatic rings. The number of benzene rings is 1. The Balaban J connectivity index is 3.18. The highest BCUT2D eigenvalue weighted by Crippen LogP contribution is 2.35. The number of aliphatic hydroxyl groups is 1. The van der Waals surface area contributed by atoms with Crippen LogP contribution >= 0.6 is 0 Å². The van der Waals surface area contributed by atoms with Crippen LogP contribution < -0.4 is 5.32 Å². The first-order valence-corrected chi connectivity index (χ1v) is 4.87. The summed E-state index contributed by atoms with van der Waals surface area (Å²) in [6, 6.07) is 4.33. The second-order valence-corrected chi connectivity index (χ2v) is 3.60. The Morgan fingerprint density at radius 1 is 1.47 bits per heavy atom. The molecule has 0 aliphatic heterocycles. The lowest BCUT2D eigenvalue weighted by Gasteiger charge is -2.18. The summed E-state index contributed by atoms with van der Waals surface area (Å²) in [6.45, 7) is 1.24.